The van der Waals surface area contributed by atoms with Crippen LogP contribution in [0.1, 0.15) is 53.8 Å². The van der Waals surface area contributed by atoms with Gasteiger partial charge in [-0.05, 0) is 37.3 Å². The lowest BCUT2D eigenvalue weighted by Crippen LogP contribution is -2.51. The van der Waals surface area contributed by atoms with E-state index in [0.717, 1.165) is 37.1 Å². The molecular formula is C22H28N4O2. The Balaban J connectivity index is 1.38. The molecule has 4 rings (SSSR count). The molecule has 2 aliphatic heterocycles. The first kappa shape index (κ1) is 18.7. The van der Waals surface area contributed by atoms with Gasteiger partial charge in [-0.25, -0.2) is 0 Å². The summed E-state index contributed by atoms with van der Waals surface area (Å²) in [7, 11) is 0. The van der Waals surface area contributed by atoms with Crippen LogP contribution in [-0.4, -0.2) is 57.6 Å². The van der Waals surface area contributed by atoms with Gasteiger partial charge in [-0.3, -0.25) is 14.3 Å². The Bertz CT molecular complexity index is 814. The third kappa shape index (κ3) is 3.68. The number of amides is 2. The van der Waals surface area contributed by atoms with Gasteiger partial charge in [-0.2, -0.15) is 5.10 Å². The van der Waals surface area contributed by atoms with Gasteiger partial charge in [0.15, 0.2) is 5.69 Å². The van der Waals surface area contributed by atoms with E-state index in [0.29, 0.717) is 31.9 Å². The SMILES string of the molecule is CC[C@@H](C(=O)N1CCN(C(=O)c2cc3n(n2)CCCC3)CC1)c1ccccc1. The van der Waals surface area contributed by atoms with Crippen molar-refractivity contribution in [3.8, 4) is 0 Å². The summed E-state index contributed by atoms with van der Waals surface area (Å²) in [4.78, 5) is 29.6. The molecule has 2 aliphatic rings. The summed E-state index contributed by atoms with van der Waals surface area (Å²) in [5, 5.41) is 4.51. The minimum Gasteiger partial charge on any atom is -0.339 e. The summed E-state index contributed by atoms with van der Waals surface area (Å²) < 4.78 is 1.97. The number of hydrogen-bond donors (Lipinski definition) is 0. The molecule has 1 atom stereocenters. The molecule has 1 fully saturated rings. The number of piperazine rings is 1. The highest BCUT2D eigenvalue weighted by atomic mass is 16.2. The van der Waals surface area contributed by atoms with E-state index in [1.165, 1.54) is 6.42 Å². The lowest BCUT2D eigenvalue weighted by atomic mass is 9.95. The standard InChI is InChI=1S/C22H28N4O2/c1-2-19(17-8-4-3-5-9-17)21(27)24-12-14-25(15-13-24)22(28)20-16-18-10-6-7-11-26(18)23-20/h3-5,8-9,16,19H,2,6-7,10-15H2,1H3/t19-/m1/s1. The monoisotopic (exact) mass is 380 g/mol. The molecule has 6 heteroatoms. The largest absolute Gasteiger partial charge is 0.339 e. The molecule has 148 valence electrons. The first-order chi connectivity index (χ1) is 13.7. The Morgan fingerprint density at radius 2 is 1.71 bits per heavy atom. The van der Waals surface area contributed by atoms with Gasteiger partial charge in [0, 0.05) is 38.4 Å². The van der Waals surface area contributed by atoms with E-state index in [1.807, 2.05) is 50.9 Å². The molecule has 3 heterocycles. The predicted octanol–water partition coefficient (Wildman–Crippen LogP) is 2.70. The van der Waals surface area contributed by atoms with Crippen molar-refractivity contribution in [2.24, 2.45) is 0 Å². The number of aryl methyl sites for hydroxylation is 2. The van der Waals surface area contributed by atoms with Crippen LogP contribution in [-0.2, 0) is 17.8 Å². The molecule has 1 aromatic heterocycles. The zero-order valence-corrected chi connectivity index (χ0v) is 16.5. The van der Waals surface area contributed by atoms with Gasteiger partial charge in [0.05, 0.1) is 5.92 Å². The van der Waals surface area contributed by atoms with Crippen LogP contribution in [0.2, 0.25) is 0 Å². The van der Waals surface area contributed by atoms with Gasteiger partial charge in [0.1, 0.15) is 0 Å². The second kappa shape index (κ2) is 8.17. The minimum absolute atomic E-state index is 0.0101. The number of rotatable bonds is 4. The van der Waals surface area contributed by atoms with Gasteiger partial charge >= 0.3 is 0 Å². The maximum atomic E-state index is 13.0. The number of fused-ring (bicyclic) bond motifs is 1. The van der Waals surface area contributed by atoms with Crippen LogP contribution in [0.25, 0.3) is 0 Å². The quantitative estimate of drug-likeness (QED) is 0.819. The van der Waals surface area contributed by atoms with Crippen molar-refractivity contribution in [2.75, 3.05) is 26.2 Å². The molecule has 2 aromatic rings. The summed E-state index contributed by atoms with van der Waals surface area (Å²) in [5.41, 5.74) is 2.78. The van der Waals surface area contributed by atoms with Crippen LogP contribution in [0.15, 0.2) is 36.4 Å². The summed E-state index contributed by atoms with van der Waals surface area (Å²) in [6.45, 7) is 5.26. The van der Waals surface area contributed by atoms with Gasteiger partial charge in [0.25, 0.3) is 5.91 Å². The van der Waals surface area contributed by atoms with Crippen molar-refractivity contribution < 1.29 is 9.59 Å². The van der Waals surface area contributed by atoms with Crippen molar-refractivity contribution in [2.45, 2.75) is 45.1 Å². The lowest BCUT2D eigenvalue weighted by Gasteiger charge is -2.36. The number of carbonyl (C=O) groups excluding carboxylic acids is 2. The number of carbonyl (C=O) groups is 2. The number of nitrogens with zero attached hydrogens (tertiary/aromatic N) is 4. The highest BCUT2D eigenvalue weighted by Gasteiger charge is 2.30. The third-order valence-electron chi connectivity index (χ3n) is 5.92. The fourth-order valence-electron chi connectivity index (χ4n) is 4.27. The Labute approximate surface area is 166 Å². The van der Waals surface area contributed by atoms with Crippen LogP contribution in [0.3, 0.4) is 0 Å². The average Bonchev–Trinajstić information content (AvgIpc) is 3.19. The summed E-state index contributed by atoms with van der Waals surface area (Å²) in [6, 6.07) is 11.9. The molecule has 0 saturated carbocycles. The van der Waals surface area contributed by atoms with E-state index in [1.54, 1.807) is 0 Å². The molecule has 6 nitrogen and oxygen atoms in total. The molecule has 0 unspecified atom stereocenters. The summed E-state index contributed by atoms with van der Waals surface area (Å²) in [5.74, 6) is 0.0469. The van der Waals surface area contributed by atoms with E-state index in [-0.39, 0.29) is 17.7 Å². The zero-order chi connectivity index (χ0) is 19.5. The normalized spacial score (nSPS) is 17.9. The fraction of sp³-hybridized carbons (Fsp3) is 0.500. The van der Waals surface area contributed by atoms with Crippen molar-refractivity contribution in [3.05, 3.63) is 53.3 Å². The number of aromatic nitrogens is 2. The van der Waals surface area contributed by atoms with Gasteiger partial charge in [-0.1, -0.05) is 37.3 Å². The zero-order valence-electron chi connectivity index (χ0n) is 16.5. The summed E-state index contributed by atoms with van der Waals surface area (Å²) >= 11 is 0. The molecule has 0 N–H and O–H groups in total. The molecular weight excluding hydrogens is 352 g/mol. The second-order valence-electron chi connectivity index (χ2n) is 7.69. The first-order valence-electron chi connectivity index (χ1n) is 10.4. The Morgan fingerprint density at radius 1 is 1.00 bits per heavy atom. The van der Waals surface area contributed by atoms with Crippen LogP contribution >= 0.6 is 0 Å². The van der Waals surface area contributed by atoms with Gasteiger partial charge in [-0.15, -0.1) is 0 Å². The highest BCUT2D eigenvalue weighted by Crippen LogP contribution is 2.23. The molecule has 0 bridgehead atoms. The Hall–Kier alpha value is -2.63. The van der Waals surface area contributed by atoms with Crippen LogP contribution in [0, 0.1) is 0 Å². The van der Waals surface area contributed by atoms with Gasteiger partial charge < -0.3 is 9.80 Å². The predicted molar refractivity (Wildman–Crippen MR) is 107 cm³/mol. The van der Waals surface area contributed by atoms with Crippen molar-refractivity contribution in [1.29, 1.82) is 0 Å². The van der Waals surface area contributed by atoms with Crippen LogP contribution < -0.4 is 0 Å². The van der Waals surface area contributed by atoms with Crippen molar-refractivity contribution in [1.82, 2.24) is 19.6 Å². The Morgan fingerprint density at radius 3 is 2.39 bits per heavy atom. The van der Waals surface area contributed by atoms with E-state index >= 15 is 0 Å². The van der Waals surface area contributed by atoms with Crippen LogP contribution in [0.4, 0.5) is 0 Å². The molecule has 28 heavy (non-hydrogen) atoms. The average molecular weight is 380 g/mol. The maximum absolute atomic E-state index is 13.0. The molecule has 0 radical (unpaired) electrons. The first-order valence-corrected chi connectivity index (χ1v) is 10.4. The van der Waals surface area contributed by atoms with E-state index in [9.17, 15) is 9.59 Å². The number of benzene rings is 1. The molecule has 1 saturated heterocycles. The van der Waals surface area contributed by atoms with E-state index in [2.05, 4.69) is 12.0 Å². The number of hydrogen-bond acceptors (Lipinski definition) is 3. The summed E-state index contributed by atoms with van der Waals surface area (Å²) in [6.07, 6.45) is 4.08. The maximum Gasteiger partial charge on any atom is 0.274 e. The fourth-order valence-corrected chi connectivity index (χ4v) is 4.27. The van der Waals surface area contributed by atoms with Gasteiger partial charge in [0.2, 0.25) is 5.91 Å². The van der Waals surface area contributed by atoms with Crippen molar-refractivity contribution in [3.63, 3.8) is 0 Å². The molecule has 0 aliphatic carbocycles. The van der Waals surface area contributed by atoms with Crippen molar-refractivity contribution >= 4 is 11.8 Å². The molecule has 2 amide bonds. The van der Waals surface area contributed by atoms with E-state index < -0.39 is 0 Å². The second-order valence-corrected chi connectivity index (χ2v) is 7.69. The lowest BCUT2D eigenvalue weighted by molar-refractivity contribution is -0.134. The molecule has 0 spiro atoms. The third-order valence-corrected chi connectivity index (χ3v) is 5.92. The Kier molecular flexibility index (Phi) is 5.46. The minimum atomic E-state index is -0.108. The van der Waals surface area contributed by atoms with Crippen LogP contribution in [0.5, 0.6) is 0 Å². The topological polar surface area (TPSA) is 58.4 Å². The molecule has 1 aromatic carbocycles. The highest BCUT2D eigenvalue weighted by molar-refractivity contribution is 5.92. The van der Waals surface area contributed by atoms with E-state index in [4.69, 9.17) is 0 Å². The smallest absolute Gasteiger partial charge is 0.274 e.